The summed E-state index contributed by atoms with van der Waals surface area (Å²) in [5.74, 6) is 1.10. The molecule has 0 aromatic heterocycles. The van der Waals surface area contributed by atoms with Crippen LogP contribution in [0, 0.1) is 5.92 Å². The summed E-state index contributed by atoms with van der Waals surface area (Å²) in [5.41, 5.74) is 5.58. The van der Waals surface area contributed by atoms with Gasteiger partial charge in [-0.1, -0.05) is 113 Å². The number of hydrogen-bond donors (Lipinski definition) is 0. The first-order chi connectivity index (χ1) is 15.4. The van der Waals surface area contributed by atoms with Gasteiger partial charge in [-0.15, -0.1) is 0 Å². The van der Waals surface area contributed by atoms with Crippen LogP contribution in [0.2, 0.25) is 0 Å². The lowest BCUT2D eigenvalue weighted by Crippen LogP contribution is -2.06. The lowest BCUT2D eigenvalue weighted by Gasteiger charge is -2.22. The predicted molar refractivity (Wildman–Crippen MR) is 145 cm³/mol. The molecule has 1 atom stereocenters. The number of hydrogen-bond acceptors (Lipinski definition) is 1. The first-order valence-corrected chi connectivity index (χ1v) is 13.3. The molecule has 1 aliphatic rings. The summed E-state index contributed by atoms with van der Waals surface area (Å²) >= 11 is 0. The molecule has 0 bridgehead atoms. The fourth-order valence-corrected chi connectivity index (χ4v) is 4.09. The molecule has 32 heavy (non-hydrogen) atoms. The van der Waals surface area contributed by atoms with Crippen molar-refractivity contribution < 1.29 is 4.79 Å². The van der Waals surface area contributed by atoms with Crippen LogP contribution in [0.25, 0.3) is 0 Å². The van der Waals surface area contributed by atoms with E-state index in [1.165, 1.54) is 68.1 Å². The first-order valence-electron chi connectivity index (χ1n) is 13.3. The highest BCUT2D eigenvalue weighted by atomic mass is 16.1. The van der Waals surface area contributed by atoms with E-state index >= 15 is 0 Å². The Hall–Kier alpha value is -1.63. The molecule has 1 unspecified atom stereocenters. The van der Waals surface area contributed by atoms with Crippen LogP contribution < -0.4 is 0 Å². The van der Waals surface area contributed by atoms with Crippen molar-refractivity contribution in [3.63, 3.8) is 0 Å². The fourth-order valence-electron chi connectivity index (χ4n) is 4.09. The highest BCUT2D eigenvalue weighted by molar-refractivity contribution is 5.78. The van der Waals surface area contributed by atoms with Crippen LogP contribution >= 0.6 is 0 Å². The molecule has 0 spiro atoms. The molecule has 1 rings (SSSR count). The second kappa shape index (κ2) is 20.0. The van der Waals surface area contributed by atoms with Gasteiger partial charge in [0.15, 0.2) is 0 Å². The standard InChI is InChI=1S/C29H46O.C2H6/c1-6-7-8-9-10-11-20-28(30)21-13-17-24(2)15-12-16-25(3)22-23-29-26(4)18-14-19-27(29)5;1-2/h12,15-17,22-23,26H,6-11,13-14,18-21H2,1-5H3;1-2H3/b15-12+,23-22+,24-17+,25-16+;. The third kappa shape index (κ3) is 15.2. The molecule has 0 saturated heterocycles. The Kier molecular flexibility index (Phi) is 19.0. The molecule has 1 nitrogen and oxygen atoms in total. The molecule has 0 fully saturated rings. The van der Waals surface area contributed by atoms with E-state index in [9.17, 15) is 4.79 Å². The van der Waals surface area contributed by atoms with Crippen LogP contribution in [0.1, 0.15) is 126 Å². The summed E-state index contributed by atoms with van der Waals surface area (Å²) in [5, 5.41) is 0. The summed E-state index contributed by atoms with van der Waals surface area (Å²) in [6, 6.07) is 0. The lowest BCUT2D eigenvalue weighted by atomic mass is 9.84. The zero-order chi connectivity index (χ0) is 24.2. The van der Waals surface area contributed by atoms with Crippen molar-refractivity contribution in [1.29, 1.82) is 0 Å². The molecular weight excluding hydrogens is 388 g/mol. The van der Waals surface area contributed by atoms with Gasteiger partial charge in [0.25, 0.3) is 0 Å². The lowest BCUT2D eigenvalue weighted by molar-refractivity contribution is -0.119. The molecule has 0 aromatic rings. The molecule has 0 heterocycles. The van der Waals surface area contributed by atoms with Gasteiger partial charge in [0.1, 0.15) is 5.78 Å². The zero-order valence-electron chi connectivity index (χ0n) is 22.4. The number of Topliss-reactive ketones (excluding diaryl/α,β-unsaturated/α-hetero) is 1. The van der Waals surface area contributed by atoms with Gasteiger partial charge in [-0.25, -0.2) is 0 Å². The number of carbonyl (C=O) groups excluding carboxylic acids is 1. The van der Waals surface area contributed by atoms with E-state index in [0.29, 0.717) is 18.1 Å². The molecule has 182 valence electrons. The molecule has 1 aliphatic carbocycles. The molecular formula is C31H52O. The first kappa shape index (κ1) is 30.4. The third-order valence-corrected chi connectivity index (χ3v) is 6.16. The number of ketones is 1. The summed E-state index contributed by atoms with van der Waals surface area (Å²) in [6.45, 7) is 15.1. The smallest absolute Gasteiger partial charge is 0.133 e. The van der Waals surface area contributed by atoms with Crippen LogP contribution in [-0.2, 0) is 4.79 Å². The summed E-state index contributed by atoms with van der Waals surface area (Å²) in [6.07, 6.45) is 26.9. The van der Waals surface area contributed by atoms with Gasteiger partial charge in [0.05, 0.1) is 0 Å². The topological polar surface area (TPSA) is 17.1 Å². The average Bonchev–Trinajstić information content (AvgIpc) is 2.77. The van der Waals surface area contributed by atoms with E-state index in [2.05, 4.69) is 71.1 Å². The predicted octanol–water partition coefficient (Wildman–Crippen LogP) is 10.3. The summed E-state index contributed by atoms with van der Waals surface area (Å²) in [4.78, 5) is 12.0. The minimum absolute atomic E-state index is 0.418. The molecule has 0 aliphatic heterocycles. The van der Waals surface area contributed by atoms with Crippen LogP contribution in [0.15, 0.2) is 58.7 Å². The maximum Gasteiger partial charge on any atom is 0.133 e. The maximum absolute atomic E-state index is 12.0. The number of unbranched alkanes of at least 4 members (excludes halogenated alkanes) is 5. The molecule has 0 radical (unpaired) electrons. The Balaban J connectivity index is 0.00000466. The molecule has 0 saturated carbocycles. The monoisotopic (exact) mass is 440 g/mol. The average molecular weight is 441 g/mol. The number of allylic oxidation sites excluding steroid dienone is 10. The normalized spacial score (nSPS) is 17.8. The fraction of sp³-hybridized carbons (Fsp3) is 0.645. The Morgan fingerprint density at radius 2 is 1.66 bits per heavy atom. The second-order valence-electron chi connectivity index (χ2n) is 9.18. The van der Waals surface area contributed by atoms with Crippen molar-refractivity contribution in [1.82, 2.24) is 0 Å². The van der Waals surface area contributed by atoms with Crippen molar-refractivity contribution in [3.8, 4) is 0 Å². The van der Waals surface area contributed by atoms with Crippen LogP contribution in [0.3, 0.4) is 0 Å². The van der Waals surface area contributed by atoms with Gasteiger partial charge in [-0.05, 0) is 64.4 Å². The van der Waals surface area contributed by atoms with E-state index < -0.39 is 0 Å². The Labute approximate surface area is 200 Å². The Morgan fingerprint density at radius 1 is 0.969 bits per heavy atom. The number of carbonyl (C=O) groups is 1. The second-order valence-corrected chi connectivity index (χ2v) is 9.18. The summed E-state index contributed by atoms with van der Waals surface area (Å²) < 4.78 is 0. The quantitative estimate of drug-likeness (QED) is 0.194. The minimum Gasteiger partial charge on any atom is -0.300 e. The van der Waals surface area contributed by atoms with Gasteiger partial charge in [-0.3, -0.25) is 4.79 Å². The molecule has 0 aromatic carbocycles. The Morgan fingerprint density at radius 3 is 2.34 bits per heavy atom. The minimum atomic E-state index is 0.418. The van der Waals surface area contributed by atoms with Gasteiger partial charge in [-0.2, -0.15) is 0 Å². The summed E-state index contributed by atoms with van der Waals surface area (Å²) in [7, 11) is 0. The van der Waals surface area contributed by atoms with Gasteiger partial charge in [0.2, 0.25) is 0 Å². The van der Waals surface area contributed by atoms with Gasteiger partial charge in [0, 0.05) is 12.8 Å². The molecule has 0 amide bonds. The highest BCUT2D eigenvalue weighted by Gasteiger charge is 2.14. The zero-order valence-corrected chi connectivity index (χ0v) is 22.4. The van der Waals surface area contributed by atoms with Crippen molar-refractivity contribution >= 4 is 5.78 Å². The van der Waals surface area contributed by atoms with Crippen molar-refractivity contribution in [3.05, 3.63) is 58.7 Å². The highest BCUT2D eigenvalue weighted by Crippen LogP contribution is 2.30. The largest absolute Gasteiger partial charge is 0.300 e. The van der Waals surface area contributed by atoms with Crippen LogP contribution in [0.4, 0.5) is 0 Å². The van der Waals surface area contributed by atoms with Gasteiger partial charge < -0.3 is 0 Å². The molecule has 0 N–H and O–H groups in total. The van der Waals surface area contributed by atoms with E-state index in [1.807, 2.05) is 13.8 Å². The maximum atomic E-state index is 12.0. The van der Waals surface area contributed by atoms with E-state index in [-0.39, 0.29) is 0 Å². The Bertz CT molecular complexity index is 654. The third-order valence-electron chi connectivity index (χ3n) is 6.16. The SMILES string of the molecule is CC.CCCCCCCCC(=O)CC/C=C(C)/C=C/C=C(C)/C=C/C1=C(C)CCCC1C. The van der Waals surface area contributed by atoms with Crippen LogP contribution in [0.5, 0.6) is 0 Å². The van der Waals surface area contributed by atoms with E-state index in [1.54, 1.807) is 5.57 Å². The van der Waals surface area contributed by atoms with Crippen molar-refractivity contribution in [2.45, 2.75) is 126 Å². The van der Waals surface area contributed by atoms with E-state index in [0.717, 1.165) is 19.3 Å². The van der Waals surface area contributed by atoms with Crippen molar-refractivity contribution in [2.24, 2.45) is 5.92 Å². The molecule has 1 heteroatoms. The van der Waals surface area contributed by atoms with Gasteiger partial charge >= 0.3 is 0 Å². The van der Waals surface area contributed by atoms with Crippen molar-refractivity contribution in [2.75, 3.05) is 0 Å². The van der Waals surface area contributed by atoms with E-state index in [4.69, 9.17) is 0 Å². The van der Waals surface area contributed by atoms with Crippen LogP contribution in [-0.4, -0.2) is 5.78 Å². The number of rotatable bonds is 14.